The number of aromatic nitrogens is 3. The standard InChI is InChI=1S/C30H34ClN7O3S/c1-38(2)16-6-11-28(39)34-20-12-14-23(15-13-20)42(40,41)37-22-8-5-7-21(17-22)35-30-33-19-26(31)29(36-30)25-18-32-27-10-4-3-9-24(25)27/h3-4,6,9-15,18-19,21-22,32,37H,5,7-8,16-17H2,1-2H3,(H,34,39)(H,33,35,36). The van der Waals surface area contributed by atoms with E-state index < -0.39 is 10.0 Å². The van der Waals surface area contributed by atoms with E-state index in [2.05, 4.69) is 25.3 Å². The maximum atomic E-state index is 13.1. The lowest BCUT2D eigenvalue weighted by Crippen LogP contribution is -2.41. The number of fused-ring (bicyclic) bond motifs is 1. The first-order chi connectivity index (χ1) is 20.2. The number of hydrogen-bond donors (Lipinski definition) is 4. The summed E-state index contributed by atoms with van der Waals surface area (Å²) in [5, 5.41) is 7.59. The van der Waals surface area contributed by atoms with Crippen molar-refractivity contribution in [3.63, 3.8) is 0 Å². The quantitative estimate of drug-likeness (QED) is 0.186. The number of benzene rings is 2. The molecule has 1 amide bonds. The van der Waals surface area contributed by atoms with Crippen LogP contribution in [0.1, 0.15) is 25.7 Å². The topological polar surface area (TPSA) is 132 Å². The number of likely N-dealkylation sites (N-methyl/N-ethyl adjacent to an activating group) is 1. The molecular weight excluding hydrogens is 574 g/mol. The van der Waals surface area contributed by atoms with E-state index in [0.717, 1.165) is 35.7 Å². The van der Waals surface area contributed by atoms with Crippen LogP contribution in [0.4, 0.5) is 11.6 Å². The number of nitrogens with zero attached hydrogens (tertiary/aromatic N) is 3. The van der Waals surface area contributed by atoms with Crippen LogP contribution in [-0.2, 0) is 14.8 Å². The highest BCUT2D eigenvalue weighted by Gasteiger charge is 2.27. The molecule has 4 N–H and O–H groups in total. The van der Waals surface area contributed by atoms with E-state index in [9.17, 15) is 13.2 Å². The Morgan fingerprint density at radius 2 is 1.88 bits per heavy atom. The second kappa shape index (κ2) is 13.0. The van der Waals surface area contributed by atoms with Crippen LogP contribution in [0.25, 0.3) is 22.2 Å². The molecule has 1 saturated carbocycles. The minimum atomic E-state index is -3.75. The molecule has 1 fully saturated rings. The average molecular weight is 608 g/mol. The van der Waals surface area contributed by atoms with Crippen molar-refractivity contribution in [2.45, 2.75) is 42.7 Å². The van der Waals surface area contributed by atoms with Crippen molar-refractivity contribution in [2.24, 2.45) is 0 Å². The van der Waals surface area contributed by atoms with Crippen LogP contribution in [0.5, 0.6) is 0 Å². The fourth-order valence-corrected chi connectivity index (χ4v) is 6.54. The molecule has 0 radical (unpaired) electrons. The van der Waals surface area contributed by atoms with Crippen LogP contribution in [0, 0.1) is 0 Å². The summed E-state index contributed by atoms with van der Waals surface area (Å²) in [6.45, 7) is 0.645. The van der Waals surface area contributed by atoms with Crippen molar-refractivity contribution < 1.29 is 13.2 Å². The first-order valence-corrected chi connectivity index (χ1v) is 15.6. The second-order valence-corrected chi connectivity index (χ2v) is 12.8. The van der Waals surface area contributed by atoms with Crippen LogP contribution in [0.15, 0.2) is 78.0 Å². The Morgan fingerprint density at radius 3 is 2.67 bits per heavy atom. The monoisotopic (exact) mass is 607 g/mol. The minimum absolute atomic E-state index is 0.0124. The van der Waals surface area contributed by atoms with Crippen LogP contribution >= 0.6 is 11.6 Å². The van der Waals surface area contributed by atoms with Gasteiger partial charge in [-0.1, -0.05) is 35.9 Å². The maximum Gasteiger partial charge on any atom is 0.248 e. The smallest absolute Gasteiger partial charge is 0.248 e. The average Bonchev–Trinajstić information content (AvgIpc) is 3.38. The molecule has 1 aliphatic rings. The molecule has 2 atom stereocenters. The van der Waals surface area contributed by atoms with Gasteiger partial charge in [0, 0.05) is 53.1 Å². The van der Waals surface area contributed by atoms with E-state index in [1.807, 2.05) is 49.5 Å². The van der Waals surface area contributed by atoms with Gasteiger partial charge in [-0.15, -0.1) is 0 Å². The van der Waals surface area contributed by atoms with Crippen molar-refractivity contribution in [1.82, 2.24) is 24.6 Å². The molecular formula is C30H34ClN7O3S. The minimum Gasteiger partial charge on any atom is -0.360 e. The number of rotatable bonds is 10. The Morgan fingerprint density at radius 1 is 1.12 bits per heavy atom. The molecule has 5 rings (SSSR count). The molecule has 12 heteroatoms. The molecule has 0 bridgehead atoms. The fourth-order valence-electron chi connectivity index (χ4n) is 5.06. The van der Waals surface area contributed by atoms with Gasteiger partial charge in [0.15, 0.2) is 0 Å². The molecule has 42 heavy (non-hydrogen) atoms. The lowest BCUT2D eigenvalue weighted by atomic mass is 9.92. The summed E-state index contributed by atoms with van der Waals surface area (Å²) in [6.07, 6.45) is 9.71. The Labute approximate surface area is 250 Å². The number of aromatic amines is 1. The van der Waals surface area contributed by atoms with Crippen LogP contribution in [0.2, 0.25) is 5.02 Å². The number of sulfonamides is 1. The van der Waals surface area contributed by atoms with Gasteiger partial charge in [0.2, 0.25) is 21.9 Å². The zero-order valence-electron chi connectivity index (χ0n) is 23.5. The normalized spacial score (nSPS) is 17.6. The first-order valence-electron chi connectivity index (χ1n) is 13.8. The predicted molar refractivity (Wildman–Crippen MR) is 167 cm³/mol. The molecule has 0 saturated heterocycles. The van der Waals surface area contributed by atoms with Gasteiger partial charge in [0.1, 0.15) is 0 Å². The number of carbonyl (C=O) groups is 1. The van der Waals surface area contributed by atoms with Crippen LogP contribution < -0.4 is 15.4 Å². The molecule has 2 heterocycles. The van der Waals surface area contributed by atoms with E-state index in [1.54, 1.807) is 24.4 Å². The summed E-state index contributed by atoms with van der Waals surface area (Å²) < 4.78 is 29.1. The van der Waals surface area contributed by atoms with Crippen LogP contribution in [-0.4, -0.2) is 66.9 Å². The van der Waals surface area contributed by atoms with E-state index in [1.165, 1.54) is 18.2 Å². The third-order valence-electron chi connectivity index (χ3n) is 7.09. The molecule has 10 nitrogen and oxygen atoms in total. The molecule has 220 valence electrons. The van der Waals surface area contributed by atoms with Crippen molar-refractivity contribution in [2.75, 3.05) is 31.3 Å². The second-order valence-electron chi connectivity index (χ2n) is 10.6. The Balaban J connectivity index is 1.21. The van der Waals surface area contributed by atoms with Gasteiger partial charge in [0.05, 0.1) is 21.8 Å². The highest BCUT2D eigenvalue weighted by Crippen LogP contribution is 2.33. The number of nitrogens with one attached hydrogen (secondary N) is 4. The van der Waals surface area contributed by atoms with Crippen LogP contribution in [0.3, 0.4) is 0 Å². The van der Waals surface area contributed by atoms with Gasteiger partial charge >= 0.3 is 0 Å². The SMILES string of the molecule is CN(C)CC=CC(=O)Nc1ccc(S(=O)(=O)NC2CCCC(Nc3ncc(Cl)c(-c4c[nH]c5ccccc45)n3)C2)cc1. The molecule has 0 aliphatic heterocycles. The van der Waals surface area contributed by atoms with E-state index in [-0.39, 0.29) is 22.9 Å². The third-order valence-corrected chi connectivity index (χ3v) is 8.90. The summed E-state index contributed by atoms with van der Waals surface area (Å²) in [4.78, 5) is 26.5. The number of carbonyl (C=O) groups excluding carboxylic acids is 1. The van der Waals surface area contributed by atoms with Crippen molar-refractivity contribution in [3.8, 4) is 11.3 Å². The Hall–Kier alpha value is -3.77. The number of amides is 1. The zero-order valence-corrected chi connectivity index (χ0v) is 25.0. The highest BCUT2D eigenvalue weighted by molar-refractivity contribution is 7.89. The predicted octanol–water partition coefficient (Wildman–Crippen LogP) is 5.04. The number of halogens is 1. The number of hydrogen-bond acceptors (Lipinski definition) is 7. The van der Waals surface area contributed by atoms with Gasteiger partial charge in [-0.05, 0) is 70.1 Å². The summed E-state index contributed by atoms with van der Waals surface area (Å²) in [5.74, 6) is 0.173. The van der Waals surface area contributed by atoms with Gasteiger partial charge in [0.25, 0.3) is 0 Å². The zero-order chi connectivity index (χ0) is 29.7. The van der Waals surface area contributed by atoms with E-state index in [0.29, 0.717) is 35.3 Å². The van der Waals surface area contributed by atoms with Gasteiger partial charge in [-0.3, -0.25) is 4.79 Å². The lowest BCUT2D eigenvalue weighted by Gasteiger charge is -2.30. The molecule has 2 unspecified atom stereocenters. The summed E-state index contributed by atoms with van der Waals surface area (Å²) in [5.41, 5.74) is 3.03. The van der Waals surface area contributed by atoms with Crippen molar-refractivity contribution >= 4 is 50.1 Å². The lowest BCUT2D eigenvalue weighted by molar-refractivity contribution is -0.111. The molecule has 1 aliphatic carbocycles. The van der Waals surface area contributed by atoms with Gasteiger partial charge < -0.3 is 20.5 Å². The Bertz CT molecular complexity index is 1690. The third kappa shape index (κ3) is 7.35. The van der Waals surface area contributed by atoms with Gasteiger partial charge in [-0.2, -0.15) is 0 Å². The number of anilines is 2. The molecule has 2 aromatic carbocycles. The highest BCUT2D eigenvalue weighted by atomic mass is 35.5. The molecule has 0 spiro atoms. The van der Waals surface area contributed by atoms with E-state index >= 15 is 0 Å². The molecule has 2 aromatic heterocycles. The van der Waals surface area contributed by atoms with Crippen molar-refractivity contribution in [1.29, 1.82) is 0 Å². The summed E-state index contributed by atoms with van der Waals surface area (Å²) in [7, 11) is 0.0743. The number of H-pyrrole nitrogens is 1. The van der Waals surface area contributed by atoms with Gasteiger partial charge in [-0.25, -0.2) is 23.1 Å². The maximum absolute atomic E-state index is 13.1. The Kier molecular flexibility index (Phi) is 9.22. The van der Waals surface area contributed by atoms with E-state index in [4.69, 9.17) is 16.6 Å². The summed E-state index contributed by atoms with van der Waals surface area (Å²) in [6, 6.07) is 13.8. The van der Waals surface area contributed by atoms with Crippen molar-refractivity contribution in [3.05, 3.63) is 78.1 Å². The fraction of sp³-hybridized carbons (Fsp3) is 0.300. The number of para-hydroxylation sites is 1. The largest absolute Gasteiger partial charge is 0.360 e. The molecule has 4 aromatic rings. The first kappa shape index (κ1) is 29.7. The summed E-state index contributed by atoms with van der Waals surface area (Å²) >= 11 is 6.48.